The van der Waals surface area contributed by atoms with Crippen molar-refractivity contribution in [3.63, 3.8) is 0 Å². The van der Waals surface area contributed by atoms with Gasteiger partial charge in [-0.25, -0.2) is 13.2 Å². The highest BCUT2D eigenvalue weighted by Crippen LogP contribution is 2.26. The summed E-state index contributed by atoms with van der Waals surface area (Å²) in [4.78, 5) is 20.6. The number of carbonyl (C=O) groups is 1. The fourth-order valence-electron chi connectivity index (χ4n) is 4.25. The highest BCUT2D eigenvalue weighted by molar-refractivity contribution is 7.89. The highest BCUT2D eigenvalue weighted by atomic mass is 35.5. The maximum absolute atomic E-state index is 12.9. The van der Waals surface area contributed by atoms with Crippen LogP contribution in [0.25, 0.3) is 11.4 Å². The Labute approximate surface area is 208 Å². The summed E-state index contributed by atoms with van der Waals surface area (Å²) in [5.41, 5.74) is 1.51. The van der Waals surface area contributed by atoms with Gasteiger partial charge in [0.1, 0.15) is 6.10 Å². The quantitative estimate of drug-likeness (QED) is 0.491. The fraction of sp³-hybridized carbons (Fsp3) is 0.348. The standard InChI is InChI=1S/C23H24ClN5O5S/c1-16-25-22(26-34-16)17-5-7-19(8-6-17)29-15-20(33-23(29)30)14-27-9-11-28(12-10-27)35(31,32)21-4-2-3-18(24)13-21/h2-8,13,20H,9-12,14-15H2,1H3. The summed E-state index contributed by atoms with van der Waals surface area (Å²) in [6, 6.07) is 13.6. The van der Waals surface area contributed by atoms with E-state index in [1.54, 1.807) is 30.0 Å². The Morgan fingerprint density at radius 3 is 2.49 bits per heavy atom. The molecule has 12 heteroatoms. The topological polar surface area (TPSA) is 109 Å². The van der Waals surface area contributed by atoms with Gasteiger partial charge in [-0.05, 0) is 42.5 Å². The van der Waals surface area contributed by atoms with Crippen LogP contribution in [0.1, 0.15) is 5.89 Å². The molecular weight excluding hydrogens is 494 g/mol. The first-order valence-electron chi connectivity index (χ1n) is 11.2. The van der Waals surface area contributed by atoms with Gasteiger partial charge in [-0.1, -0.05) is 22.8 Å². The number of piperazine rings is 1. The summed E-state index contributed by atoms with van der Waals surface area (Å²) in [6.45, 7) is 4.49. The Hall–Kier alpha value is -2.99. The number of aromatic nitrogens is 2. The summed E-state index contributed by atoms with van der Waals surface area (Å²) in [7, 11) is -3.60. The maximum atomic E-state index is 12.9. The Kier molecular flexibility index (Phi) is 6.49. The number of carbonyl (C=O) groups excluding carboxylic acids is 1. The minimum atomic E-state index is -3.60. The number of sulfonamides is 1. The first-order chi connectivity index (χ1) is 16.8. The average Bonchev–Trinajstić information content (AvgIpc) is 3.44. The molecule has 0 spiro atoms. The van der Waals surface area contributed by atoms with Crippen molar-refractivity contribution >= 4 is 33.4 Å². The number of anilines is 1. The number of amides is 1. The van der Waals surface area contributed by atoms with Crippen LogP contribution in [0, 0.1) is 6.92 Å². The molecule has 2 fully saturated rings. The van der Waals surface area contributed by atoms with Crippen LogP contribution in [-0.4, -0.2) is 79.2 Å². The van der Waals surface area contributed by atoms with Crippen molar-refractivity contribution in [1.29, 1.82) is 0 Å². The van der Waals surface area contributed by atoms with E-state index in [0.29, 0.717) is 56.0 Å². The number of cyclic esters (lactones) is 1. The van der Waals surface area contributed by atoms with Gasteiger partial charge in [0, 0.05) is 55.9 Å². The zero-order valence-corrected chi connectivity index (χ0v) is 20.6. The van der Waals surface area contributed by atoms with Crippen LogP contribution in [0.2, 0.25) is 5.02 Å². The van der Waals surface area contributed by atoms with Crippen LogP contribution < -0.4 is 4.90 Å². The van der Waals surface area contributed by atoms with Crippen molar-refractivity contribution in [2.45, 2.75) is 17.9 Å². The largest absolute Gasteiger partial charge is 0.443 e. The smallest absolute Gasteiger partial charge is 0.414 e. The van der Waals surface area contributed by atoms with E-state index in [1.165, 1.54) is 10.4 Å². The molecule has 3 heterocycles. The van der Waals surface area contributed by atoms with Crippen LogP contribution in [-0.2, 0) is 14.8 Å². The van der Waals surface area contributed by atoms with Crippen molar-refractivity contribution in [2.24, 2.45) is 0 Å². The minimum Gasteiger partial charge on any atom is -0.443 e. The molecule has 1 unspecified atom stereocenters. The zero-order chi connectivity index (χ0) is 24.6. The third-order valence-corrected chi connectivity index (χ3v) is 8.20. The molecule has 1 aromatic heterocycles. The summed E-state index contributed by atoms with van der Waals surface area (Å²) in [6.07, 6.45) is -0.710. The third kappa shape index (κ3) is 5.03. The molecule has 2 aromatic carbocycles. The SMILES string of the molecule is Cc1nc(-c2ccc(N3CC(CN4CCN(S(=O)(=O)c5cccc(Cl)c5)CC4)OC3=O)cc2)no1. The second-order valence-electron chi connectivity index (χ2n) is 8.46. The third-order valence-electron chi connectivity index (χ3n) is 6.07. The van der Waals surface area contributed by atoms with Gasteiger partial charge in [0.2, 0.25) is 21.7 Å². The predicted octanol–water partition coefficient (Wildman–Crippen LogP) is 3.03. The van der Waals surface area contributed by atoms with Crippen LogP contribution in [0.15, 0.2) is 57.9 Å². The normalized spacial score (nSPS) is 19.8. The lowest BCUT2D eigenvalue weighted by Gasteiger charge is -2.34. The molecule has 1 amide bonds. The van der Waals surface area contributed by atoms with Crippen LogP contribution in [0.5, 0.6) is 0 Å². The summed E-state index contributed by atoms with van der Waals surface area (Å²) in [5.74, 6) is 0.977. The molecular formula is C23H24ClN5O5S. The van der Waals surface area contributed by atoms with Gasteiger partial charge in [-0.2, -0.15) is 9.29 Å². The lowest BCUT2D eigenvalue weighted by molar-refractivity contribution is 0.0937. The van der Waals surface area contributed by atoms with Gasteiger partial charge in [-0.3, -0.25) is 9.80 Å². The summed E-state index contributed by atoms with van der Waals surface area (Å²) >= 11 is 5.97. The van der Waals surface area contributed by atoms with Crippen molar-refractivity contribution in [3.05, 3.63) is 59.4 Å². The lowest BCUT2D eigenvalue weighted by Crippen LogP contribution is -2.50. The van der Waals surface area contributed by atoms with Crippen LogP contribution in [0.4, 0.5) is 10.5 Å². The number of nitrogens with zero attached hydrogens (tertiary/aromatic N) is 5. The van der Waals surface area contributed by atoms with Crippen molar-refractivity contribution < 1.29 is 22.5 Å². The summed E-state index contributed by atoms with van der Waals surface area (Å²) < 4.78 is 37.9. The summed E-state index contributed by atoms with van der Waals surface area (Å²) in [5, 5.41) is 4.29. The Morgan fingerprint density at radius 2 is 1.83 bits per heavy atom. The molecule has 5 rings (SSSR count). The van der Waals surface area contributed by atoms with Gasteiger partial charge < -0.3 is 9.26 Å². The molecule has 3 aromatic rings. The van der Waals surface area contributed by atoms with E-state index in [0.717, 1.165) is 11.3 Å². The average molecular weight is 518 g/mol. The molecule has 10 nitrogen and oxygen atoms in total. The number of ether oxygens (including phenoxy) is 1. The second-order valence-corrected chi connectivity index (χ2v) is 10.8. The van der Waals surface area contributed by atoms with E-state index in [1.807, 2.05) is 24.3 Å². The molecule has 2 saturated heterocycles. The molecule has 184 valence electrons. The van der Waals surface area contributed by atoms with Crippen LogP contribution in [0.3, 0.4) is 0 Å². The number of rotatable bonds is 6. The van der Waals surface area contributed by atoms with Gasteiger partial charge in [0.05, 0.1) is 11.4 Å². The van der Waals surface area contributed by atoms with E-state index in [4.69, 9.17) is 20.9 Å². The molecule has 0 N–H and O–H groups in total. The fourth-order valence-corrected chi connectivity index (χ4v) is 5.97. The Bertz CT molecular complexity index is 1320. The van der Waals surface area contributed by atoms with Crippen molar-refractivity contribution in [3.8, 4) is 11.4 Å². The van der Waals surface area contributed by atoms with Crippen molar-refractivity contribution in [1.82, 2.24) is 19.3 Å². The Balaban J connectivity index is 1.16. The molecule has 0 aliphatic carbocycles. The van der Waals surface area contributed by atoms with Crippen molar-refractivity contribution in [2.75, 3.05) is 44.2 Å². The zero-order valence-electron chi connectivity index (χ0n) is 19.0. The second kappa shape index (κ2) is 9.57. The van der Waals surface area contributed by atoms with E-state index >= 15 is 0 Å². The molecule has 1 atom stereocenters. The number of hydrogen-bond donors (Lipinski definition) is 0. The van der Waals surface area contributed by atoms with E-state index in [-0.39, 0.29) is 11.0 Å². The maximum Gasteiger partial charge on any atom is 0.414 e. The molecule has 0 radical (unpaired) electrons. The van der Waals surface area contributed by atoms with E-state index < -0.39 is 16.1 Å². The monoisotopic (exact) mass is 517 g/mol. The number of aryl methyl sites for hydroxylation is 1. The van der Waals surface area contributed by atoms with Gasteiger partial charge in [-0.15, -0.1) is 0 Å². The molecule has 2 aliphatic heterocycles. The van der Waals surface area contributed by atoms with E-state index in [9.17, 15) is 13.2 Å². The molecule has 0 bridgehead atoms. The highest BCUT2D eigenvalue weighted by Gasteiger charge is 2.35. The van der Waals surface area contributed by atoms with Gasteiger partial charge >= 0.3 is 6.09 Å². The first-order valence-corrected chi connectivity index (χ1v) is 13.0. The Morgan fingerprint density at radius 1 is 1.09 bits per heavy atom. The minimum absolute atomic E-state index is 0.194. The predicted molar refractivity (Wildman–Crippen MR) is 129 cm³/mol. The van der Waals surface area contributed by atoms with E-state index in [2.05, 4.69) is 15.0 Å². The van der Waals surface area contributed by atoms with Gasteiger partial charge in [0.25, 0.3) is 0 Å². The van der Waals surface area contributed by atoms with Gasteiger partial charge in [0.15, 0.2) is 0 Å². The lowest BCUT2D eigenvalue weighted by atomic mass is 10.2. The molecule has 35 heavy (non-hydrogen) atoms. The van der Waals surface area contributed by atoms with Crippen LogP contribution >= 0.6 is 11.6 Å². The molecule has 2 aliphatic rings. The number of halogens is 1. The molecule has 0 saturated carbocycles. The number of benzene rings is 2. The number of hydrogen-bond acceptors (Lipinski definition) is 8. The first kappa shape index (κ1) is 23.7.